The molecular formula is C16H20N4OS2. The molecule has 5 nitrogen and oxygen atoms in total. The number of rotatable bonds is 5. The van der Waals surface area contributed by atoms with Crippen molar-refractivity contribution in [3.05, 3.63) is 29.5 Å². The van der Waals surface area contributed by atoms with Gasteiger partial charge in [0.05, 0.1) is 11.4 Å². The van der Waals surface area contributed by atoms with Gasteiger partial charge in [0.15, 0.2) is 10.8 Å². The molecule has 3 rings (SSSR count). The molecular weight excluding hydrogens is 328 g/mol. The van der Waals surface area contributed by atoms with E-state index in [9.17, 15) is 4.79 Å². The number of nitrogens with zero attached hydrogens (tertiary/aromatic N) is 4. The molecule has 1 amide bonds. The van der Waals surface area contributed by atoms with E-state index >= 15 is 0 Å². The molecule has 1 aliphatic rings. The molecule has 1 aliphatic heterocycles. The number of amides is 1. The van der Waals surface area contributed by atoms with Gasteiger partial charge >= 0.3 is 0 Å². The maximum atomic E-state index is 12.2. The quantitative estimate of drug-likeness (QED) is 0.831. The fourth-order valence-corrected chi connectivity index (χ4v) is 4.16. The molecule has 0 aliphatic carbocycles. The average Bonchev–Trinajstić information content (AvgIpc) is 3.05. The molecule has 3 heterocycles. The van der Waals surface area contributed by atoms with E-state index in [0.29, 0.717) is 11.6 Å². The van der Waals surface area contributed by atoms with Crippen molar-refractivity contribution in [3.63, 3.8) is 0 Å². The van der Waals surface area contributed by atoms with Crippen LogP contribution in [0.3, 0.4) is 0 Å². The first-order valence-electron chi connectivity index (χ1n) is 7.79. The van der Waals surface area contributed by atoms with Crippen LogP contribution in [0.2, 0.25) is 0 Å². The molecule has 0 unspecified atom stereocenters. The normalized spacial score (nSPS) is 15.8. The lowest BCUT2D eigenvalue weighted by atomic mass is 9.99. The van der Waals surface area contributed by atoms with Gasteiger partial charge in [0.1, 0.15) is 0 Å². The summed E-state index contributed by atoms with van der Waals surface area (Å²) in [4.78, 5) is 27.1. The van der Waals surface area contributed by atoms with Crippen molar-refractivity contribution in [1.82, 2.24) is 19.9 Å². The fourth-order valence-electron chi connectivity index (χ4n) is 2.48. The van der Waals surface area contributed by atoms with Gasteiger partial charge < -0.3 is 4.90 Å². The number of hydrogen-bond donors (Lipinski definition) is 0. The topological polar surface area (TPSA) is 59.0 Å². The monoisotopic (exact) mass is 348 g/mol. The highest BCUT2D eigenvalue weighted by Gasteiger charge is 2.20. The van der Waals surface area contributed by atoms with Crippen LogP contribution in [0.4, 0.5) is 0 Å². The van der Waals surface area contributed by atoms with Gasteiger partial charge in [-0.25, -0.2) is 15.0 Å². The van der Waals surface area contributed by atoms with Crippen molar-refractivity contribution in [1.29, 1.82) is 0 Å². The Kier molecular flexibility index (Phi) is 5.61. The van der Waals surface area contributed by atoms with Gasteiger partial charge in [-0.05, 0) is 24.8 Å². The van der Waals surface area contributed by atoms with Crippen molar-refractivity contribution in [3.8, 4) is 10.8 Å². The van der Waals surface area contributed by atoms with Crippen molar-refractivity contribution in [2.45, 2.75) is 25.5 Å². The predicted molar refractivity (Wildman–Crippen MR) is 94.3 cm³/mol. The number of likely N-dealkylation sites (tertiary alicyclic amines) is 1. The molecule has 23 heavy (non-hydrogen) atoms. The smallest absolute Gasteiger partial charge is 0.232 e. The van der Waals surface area contributed by atoms with E-state index in [1.165, 1.54) is 0 Å². The maximum absolute atomic E-state index is 12.2. The van der Waals surface area contributed by atoms with Crippen molar-refractivity contribution in [2.75, 3.05) is 18.8 Å². The lowest BCUT2D eigenvalue weighted by molar-refractivity contribution is -0.129. The standard InChI is InChI=1S/C16H20N4OS2/c1-12-3-7-20(8-4-12)14(21)11-22-9-13-10-23-16(19-13)15-17-5-2-6-18-15/h2,5-6,10,12H,3-4,7-9,11H2,1H3. The second kappa shape index (κ2) is 7.88. The van der Waals surface area contributed by atoms with Gasteiger partial charge in [0.25, 0.3) is 0 Å². The first-order chi connectivity index (χ1) is 11.2. The number of thiazole rings is 1. The van der Waals surface area contributed by atoms with Crippen LogP contribution < -0.4 is 0 Å². The Labute approximate surface area is 144 Å². The van der Waals surface area contributed by atoms with E-state index in [1.54, 1.807) is 41.6 Å². The third-order valence-corrected chi connectivity index (χ3v) is 5.76. The summed E-state index contributed by atoms with van der Waals surface area (Å²) in [6.45, 7) is 4.08. The lowest BCUT2D eigenvalue weighted by Gasteiger charge is -2.30. The zero-order valence-corrected chi connectivity index (χ0v) is 14.8. The molecule has 1 saturated heterocycles. The highest BCUT2D eigenvalue weighted by molar-refractivity contribution is 7.99. The summed E-state index contributed by atoms with van der Waals surface area (Å²) in [5.74, 6) is 2.94. The van der Waals surface area contributed by atoms with Gasteiger partial charge in [-0.1, -0.05) is 6.92 Å². The SMILES string of the molecule is CC1CCN(C(=O)CSCc2csc(-c3ncccn3)n2)CC1. The fraction of sp³-hybridized carbons (Fsp3) is 0.500. The number of hydrogen-bond acceptors (Lipinski definition) is 6. The molecule has 2 aromatic rings. The van der Waals surface area contributed by atoms with Crippen molar-refractivity contribution >= 4 is 29.0 Å². The van der Waals surface area contributed by atoms with Crippen LogP contribution >= 0.6 is 23.1 Å². The minimum absolute atomic E-state index is 0.253. The van der Waals surface area contributed by atoms with Crippen LogP contribution in [0, 0.1) is 5.92 Å². The summed E-state index contributed by atoms with van der Waals surface area (Å²) >= 11 is 3.17. The number of aromatic nitrogens is 3. The molecule has 0 atom stereocenters. The molecule has 122 valence electrons. The number of piperidine rings is 1. The van der Waals surface area contributed by atoms with Crippen LogP contribution in [0.25, 0.3) is 10.8 Å². The minimum Gasteiger partial charge on any atom is -0.342 e. The third-order valence-electron chi connectivity index (χ3n) is 3.92. The number of thioether (sulfide) groups is 1. The Balaban J connectivity index is 1.46. The van der Waals surface area contributed by atoms with E-state index < -0.39 is 0 Å². The second-order valence-electron chi connectivity index (χ2n) is 5.77. The van der Waals surface area contributed by atoms with Crippen molar-refractivity contribution in [2.24, 2.45) is 5.92 Å². The van der Waals surface area contributed by atoms with Gasteiger partial charge in [0, 0.05) is 36.6 Å². The molecule has 0 N–H and O–H groups in total. The van der Waals surface area contributed by atoms with E-state index in [2.05, 4.69) is 21.9 Å². The van der Waals surface area contributed by atoms with Crippen LogP contribution in [-0.4, -0.2) is 44.6 Å². The largest absolute Gasteiger partial charge is 0.342 e. The van der Waals surface area contributed by atoms with Crippen LogP contribution in [-0.2, 0) is 10.5 Å². The van der Waals surface area contributed by atoms with E-state index in [1.807, 2.05) is 10.3 Å². The predicted octanol–water partition coefficient (Wildman–Crippen LogP) is 3.09. The summed E-state index contributed by atoms with van der Waals surface area (Å²) in [7, 11) is 0. The Morgan fingerprint density at radius 3 is 2.83 bits per heavy atom. The summed E-state index contributed by atoms with van der Waals surface area (Å²) in [5, 5.41) is 2.85. The number of carbonyl (C=O) groups is 1. The Morgan fingerprint density at radius 2 is 2.09 bits per heavy atom. The average molecular weight is 348 g/mol. The summed E-state index contributed by atoms with van der Waals surface area (Å²) < 4.78 is 0. The van der Waals surface area contributed by atoms with Gasteiger partial charge in [-0.2, -0.15) is 0 Å². The van der Waals surface area contributed by atoms with Gasteiger partial charge in [0.2, 0.25) is 5.91 Å². The number of carbonyl (C=O) groups excluding carboxylic acids is 1. The summed E-state index contributed by atoms with van der Waals surface area (Å²) in [6.07, 6.45) is 5.69. The summed E-state index contributed by atoms with van der Waals surface area (Å²) in [6, 6.07) is 1.79. The molecule has 1 fully saturated rings. The third kappa shape index (κ3) is 4.51. The molecule has 2 aromatic heterocycles. The van der Waals surface area contributed by atoms with Crippen LogP contribution in [0.15, 0.2) is 23.8 Å². The molecule has 0 spiro atoms. The highest BCUT2D eigenvalue weighted by atomic mass is 32.2. The zero-order chi connectivity index (χ0) is 16.1. The molecule has 7 heteroatoms. The van der Waals surface area contributed by atoms with Crippen LogP contribution in [0.1, 0.15) is 25.5 Å². The lowest BCUT2D eigenvalue weighted by Crippen LogP contribution is -2.38. The Bertz CT molecular complexity index is 639. The molecule has 0 radical (unpaired) electrons. The molecule has 0 bridgehead atoms. The zero-order valence-electron chi connectivity index (χ0n) is 13.1. The second-order valence-corrected chi connectivity index (χ2v) is 7.62. The van der Waals surface area contributed by atoms with E-state index in [-0.39, 0.29) is 5.91 Å². The van der Waals surface area contributed by atoms with E-state index in [4.69, 9.17) is 0 Å². The highest BCUT2D eigenvalue weighted by Crippen LogP contribution is 2.23. The molecule has 0 saturated carbocycles. The Morgan fingerprint density at radius 1 is 1.35 bits per heavy atom. The van der Waals surface area contributed by atoms with Crippen molar-refractivity contribution < 1.29 is 4.79 Å². The Hall–Kier alpha value is -1.47. The summed E-state index contributed by atoms with van der Waals surface area (Å²) in [5.41, 5.74) is 0.988. The first kappa shape index (κ1) is 16.4. The van der Waals surface area contributed by atoms with E-state index in [0.717, 1.165) is 48.3 Å². The first-order valence-corrected chi connectivity index (χ1v) is 9.83. The molecule has 0 aromatic carbocycles. The maximum Gasteiger partial charge on any atom is 0.232 e. The van der Waals surface area contributed by atoms with Gasteiger partial charge in [-0.15, -0.1) is 23.1 Å². The van der Waals surface area contributed by atoms with Crippen LogP contribution in [0.5, 0.6) is 0 Å². The van der Waals surface area contributed by atoms with Gasteiger partial charge in [-0.3, -0.25) is 4.79 Å². The minimum atomic E-state index is 0.253.